The maximum absolute atomic E-state index is 13.6. The molecule has 116 valence electrons. The number of methoxy groups -OCH3 is 1. The molecule has 0 saturated carbocycles. The zero-order valence-corrected chi connectivity index (χ0v) is 12.7. The maximum Gasteiger partial charge on any atom is 0.249 e. The second-order valence-corrected chi connectivity index (χ2v) is 4.45. The number of imide groups is 1. The highest BCUT2D eigenvalue weighted by Gasteiger charge is 2.27. The number of aryl methyl sites for hydroxylation is 1. The van der Waals surface area contributed by atoms with Gasteiger partial charge in [0.1, 0.15) is 17.6 Å². The lowest BCUT2D eigenvalue weighted by atomic mass is 10.1. The monoisotopic (exact) mass is 296 g/mol. The third-order valence-electron chi connectivity index (χ3n) is 3.05. The summed E-state index contributed by atoms with van der Waals surface area (Å²) in [5, 5.41) is 5.15. The van der Waals surface area contributed by atoms with Crippen molar-refractivity contribution in [3.63, 3.8) is 0 Å². The summed E-state index contributed by atoms with van der Waals surface area (Å²) in [5.41, 5.74) is 0.866. The Balaban J connectivity index is 0.00000106. The topological polar surface area (TPSA) is 67.4 Å². The molecule has 1 heterocycles. The van der Waals surface area contributed by atoms with E-state index in [0.717, 1.165) is 0 Å². The van der Waals surface area contributed by atoms with Crippen molar-refractivity contribution in [2.45, 2.75) is 39.7 Å². The third kappa shape index (κ3) is 4.18. The Labute approximate surface area is 123 Å². The summed E-state index contributed by atoms with van der Waals surface area (Å²) < 4.78 is 18.7. The van der Waals surface area contributed by atoms with Crippen LogP contribution in [0.5, 0.6) is 5.75 Å². The predicted octanol–water partition coefficient (Wildman–Crippen LogP) is 2.39. The van der Waals surface area contributed by atoms with Gasteiger partial charge in [0.25, 0.3) is 0 Å². The molecule has 2 N–H and O–H groups in total. The van der Waals surface area contributed by atoms with Crippen molar-refractivity contribution in [1.29, 1.82) is 0 Å². The SMILES string of the molecule is CC.COc1cc(C)c(F)cc1NC1CCC(=O)NC1=O. The van der Waals surface area contributed by atoms with Gasteiger partial charge in [0.2, 0.25) is 11.8 Å². The van der Waals surface area contributed by atoms with Crippen molar-refractivity contribution in [2.75, 3.05) is 12.4 Å². The van der Waals surface area contributed by atoms with Gasteiger partial charge >= 0.3 is 0 Å². The molecule has 1 unspecified atom stereocenters. The van der Waals surface area contributed by atoms with Gasteiger partial charge < -0.3 is 10.1 Å². The number of hydrogen-bond acceptors (Lipinski definition) is 4. The van der Waals surface area contributed by atoms with Gasteiger partial charge in [-0.15, -0.1) is 0 Å². The summed E-state index contributed by atoms with van der Waals surface area (Å²) in [7, 11) is 1.47. The van der Waals surface area contributed by atoms with E-state index in [9.17, 15) is 14.0 Å². The molecule has 0 bridgehead atoms. The van der Waals surface area contributed by atoms with E-state index in [1.54, 1.807) is 13.0 Å². The van der Waals surface area contributed by atoms with E-state index < -0.39 is 11.9 Å². The lowest BCUT2D eigenvalue weighted by Crippen LogP contribution is -2.47. The molecule has 1 aliphatic heterocycles. The van der Waals surface area contributed by atoms with Gasteiger partial charge in [0, 0.05) is 12.5 Å². The van der Waals surface area contributed by atoms with E-state index >= 15 is 0 Å². The standard InChI is InChI=1S/C13H15FN2O3.C2H6/c1-7-5-11(19-2)10(6-8(7)14)15-9-3-4-12(17)16-13(9)18;1-2/h5-6,9,15H,3-4H2,1-2H3,(H,16,17,18);1-2H3. The Morgan fingerprint density at radius 2 is 2.00 bits per heavy atom. The molecule has 1 aliphatic rings. The average Bonchev–Trinajstić information content (AvgIpc) is 2.47. The highest BCUT2D eigenvalue weighted by molar-refractivity contribution is 6.01. The minimum absolute atomic E-state index is 0.264. The molecule has 0 aliphatic carbocycles. The van der Waals surface area contributed by atoms with Crippen molar-refractivity contribution in [1.82, 2.24) is 5.32 Å². The number of rotatable bonds is 3. The molecule has 1 atom stereocenters. The van der Waals surface area contributed by atoms with Crippen LogP contribution in [0.15, 0.2) is 12.1 Å². The number of anilines is 1. The van der Waals surface area contributed by atoms with Gasteiger partial charge in [-0.25, -0.2) is 4.39 Å². The molecular formula is C15H21FN2O3. The zero-order valence-electron chi connectivity index (χ0n) is 12.7. The van der Waals surface area contributed by atoms with Crippen LogP contribution in [0.3, 0.4) is 0 Å². The Hall–Kier alpha value is -2.11. The summed E-state index contributed by atoms with van der Waals surface area (Å²) in [5.74, 6) is -0.608. The average molecular weight is 296 g/mol. The lowest BCUT2D eigenvalue weighted by molar-refractivity contribution is -0.133. The quantitative estimate of drug-likeness (QED) is 0.840. The van der Waals surface area contributed by atoms with Crippen LogP contribution in [0.4, 0.5) is 10.1 Å². The second kappa shape index (κ2) is 7.61. The number of hydrogen-bond donors (Lipinski definition) is 2. The molecule has 6 heteroatoms. The summed E-state index contributed by atoms with van der Waals surface area (Å²) in [4.78, 5) is 22.7. The molecule has 5 nitrogen and oxygen atoms in total. The Kier molecular flexibility index (Phi) is 6.14. The van der Waals surface area contributed by atoms with E-state index in [0.29, 0.717) is 23.4 Å². The van der Waals surface area contributed by atoms with Crippen molar-refractivity contribution < 1.29 is 18.7 Å². The summed E-state index contributed by atoms with van der Waals surface area (Å²) in [6.45, 7) is 5.63. The highest BCUT2D eigenvalue weighted by atomic mass is 19.1. The van der Waals surface area contributed by atoms with Crippen LogP contribution in [0.25, 0.3) is 0 Å². The Morgan fingerprint density at radius 3 is 2.57 bits per heavy atom. The zero-order chi connectivity index (χ0) is 16.0. The minimum Gasteiger partial charge on any atom is -0.495 e. The molecule has 0 spiro atoms. The van der Waals surface area contributed by atoms with E-state index in [4.69, 9.17) is 4.74 Å². The van der Waals surface area contributed by atoms with Crippen LogP contribution in [-0.4, -0.2) is 25.0 Å². The fourth-order valence-corrected chi connectivity index (χ4v) is 1.96. The number of amides is 2. The number of piperidine rings is 1. The lowest BCUT2D eigenvalue weighted by Gasteiger charge is -2.24. The van der Waals surface area contributed by atoms with Gasteiger partial charge in [-0.05, 0) is 25.0 Å². The third-order valence-corrected chi connectivity index (χ3v) is 3.05. The number of nitrogens with one attached hydrogen (secondary N) is 2. The fraction of sp³-hybridized carbons (Fsp3) is 0.467. The number of benzene rings is 1. The van der Waals surface area contributed by atoms with E-state index in [2.05, 4.69) is 10.6 Å². The largest absolute Gasteiger partial charge is 0.495 e. The number of halogens is 1. The Bertz CT molecular complexity index is 532. The molecule has 1 saturated heterocycles. The van der Waals surface area contributed by atoms with Crippen molar-refractivity contribution >= 4 is 17.5 Å². The van der Waals surface area contributed by atoms with Crippen LogP contribution < -0.4 is 15.4 Å². The summed E-state index contributed by atoms with van der Waals surface area (Å²) in [6.07, 6.45) is 0.642. The first kappa shape index (κ1) is 16.9. The molecule has 1 aromatic carbocycles. The van der Waals surface area contributed by atoms with Crippen LogP contribution in [0, 0.1) is 12.7 Å². The van der Waals surface area contributed by atoms with Crippen LogP contribution in [0.2, 0.25) is 0 Å². The van der Waals surface area contributed by atoms with Crippen LogP contribution in [0.1, 0.15) is 32.3 Å². The van der Waals surface area contributed by atoms with Gasteiger partial charge in [-0.3, -0.25) is 14.9 Å². The summed E-state index contributed by atoms with van der Waals surface area (Å²) in [6, 6.07) is 2.29. The molecule has 0 radical (unpaired) electrons. The minimum atomic E-state index is -0.561. The van der Waals surface area contributed by atoms with Gasteiger partial charge in [-0.1, -0.05) is 13.8 Å². The van der Waals surface area contributed by atoms with Crippen molar-refractivity contribution in [3.8, 4) is 5.75 Å². The molecular weight excluding hydrogens is 275 g/mol. The molecule has 0 aromatic heterocycles. The molecule has 1 fully saturated rings. The van der Waals surface area contributed by atoms with E-state index in [1.165, 1.54) is 13.2 Å². The van der Waals surface area contributed by atoms with Crippen molar-refractivity contribution in [3.05, 3.63) is 23.5 Å². The first-order chi connectivity index (χ1) is 10.0. The van der Waals surface area contributed by atoms with E-state index in [1.807, 2.05) is 13.8 Å². The fourth-order valence-electron chi connectivity index (χ4n) is 1.96. The predicted molar refractivity (Wildman–Crippen MR) is 78.8 cm³/mol. The number of carbonyl (C=O) groups excluding carboxylic acids is 2. The number of ether oxygens (including phenoxy) is 1. The second-order valence-electron chi connectivity index (χ2n) is 4.45. The molecule has 1 aromatic rings. The highest BCUT2D eigenvalue weighted by Crippen LogP contribution is 2.29. The molecule has 2 rings (SSSR count). The van der Waals surface area contributed by atoms with Gasteiger partial charge in [0.15, 0.2) is 0 Å². The van der Waals surface area contributed by atoms with Crippen molar-refractivity contribution in [2.24, 2.45) is 0 Å². The molecule has 2 amide bonds. The first-order valence-electron chi connectivity index (χ1n) is 6.95. The van der Waals surface area contributed by atoms with Gasteiger partial charge in [0.05, 0.1) is 12.8 Å². The molecule has 21 heavy (non-hydrogen) atoms. The maximum atomic E-state index is 13.6. The summed E-state index contributed by atoms with van der Waals surface area (Å²) >= 11 is 0. The first-order valence-corrected chi connectivity index (χ1v) is 6.95. The van der Waals surface area contributed by atoms with Gasteiger partial charge in [-0.2, -0.15) is 0 Å². The van der Waals surface area contributed by atoms with E-state index in [-0.39, 0.29) is 18.1 Å². The Morgan fingerprint density at radius 1 is 1.33 bits per heavy atom. The normalized spacial score (nSPS) is 17.5. The smallest absolute Gasteiger partial charge is 0.249 e. The van der Waals surface area contributed by atoms with Crippen LogP contribution in [-0.2, 0) is 9.59 Å². The van der Waals surface area contributed by atoms with Crippen LogP contribution >= 0.6 is 0 Å². The number of carbonyl (C=O) groups is 2.